The van der Waals surface area contributed by atoms with Gasteiger partial charge >= 0.3 is 0 Å². The van der Waals surface area contributed by atoms with Crippen molar-refractivity contribution in [3.8, 4) is 0 Å². The summed E-state index contributed by atoms with van der Waals surface area (Å²) in [5, 5.41) is 7.81. The number of hydrogen-bond donors (Lipinski definition) is 1. The van der Waals surface area contributed by atoms with Crippen LogP contribution in [0.4, 0.5) is 0 Å². The van der Waals surface area contributed by atoms with Gasteiger partial charge in [-0.1, -0.05) is 6.92 Å². The monoisotopic (exact) mass is 275 g/mol. The molecule has 0 aromatic carbocycles. The van der Waals surface area contributed by atoms with Gasteiger partial charge in [0.2, 0.25) is 0 Å². The van der Waals surface area contributed by atoms with Gasteiger partial charge in [0.05, 0.1) is 6.20 Å². The number of hydrogen-bond acceptors (Lipinski definition) is 3. The van der Waals surface area contributed by atoms with Crippen molar-refractivity contribution in [3.05, 3.63) is 40.6 Å². The minimum absolute atomic E-state index is 0.345. The molecule has 0 spiro atoms. The second-order valence-corrected chi connectivity index (χ2v) is 5.42. The summed E-state index contributed by atoms with van der Waals surface area (Å²) in [5.41, 5.74) is 3.89. The molecule has 1 atom stereocenters. The maximum Gasteiger partial charge on any atom is 0.106 e. The van der Waals surface area contributed by atoms with Gasteiger partial charge in [0, 0.05) is 24.8 Å². The number of aromatic nitrogens is 2. The van der Waals surface area contributed by atoms with Crippen LogP contribution in [0.5, 0.6) is 0 Å². The van der Waals surface area contributed by atoms with Crippen molar-refractivity contribution in [3.63, 3.8) is 0 Å². The average Bonchev–Trinajstić information content (AvgIpc) is 2.91. The normalized spacial score (nSPS) is 12.8. The fourth-order valence-corrected chi connectivity index (χ4v) is 2.83. The summed E-state index contributed by atoms with van der Waals surface area (Å²) in [6, 6.07) is 0.345. The number of aryl methyl sites for hydroxylation is 4. The lowest BCUT2D eigenvalue weighted by molar-refractivity contribution is 0.474. The molecule has 0 saturated carbocycles. The SMILES string of the molecule is CCNC(CCc1cnn(C)c1)c1c(C)oc(C)c1C. The first-order valence-corrected chi connectivity index (χ1v) is 7.30. The highest BCUT2D eigenvalue weighted by molar-refractivity contribution is 5.34. The van der Waals surface area contributed by atoms with E-state index >= 15 is 0 Å². The van der Waals surface area contributed by atoms with Crippen molar-refractivity contribution >= 4 is 0 Å². The Balaban J connectivity index is 2.14. The fourth-order valence-electron chi connectivity index (χ4n) is 2.83. The first-order chi connectivity index (χ1) is 9.52. The Morgan fingerprint density at radius 1 is 1.30 bits per heavy atom. The zero-order valence-electron chi connectivity index (χ0n) is 13.2. The molecule has 0 aliphatic carbocycles. The van der Waals surface area contributed by atoms with Gasteiger partial charge < -0.3 is 9.73 Å². The van der Waals surface area contributed by atoms with Gasteiger partial charge in [0.15, 0.2) is 0 Å². The summed E-state index contributed by atoms with van der Waals surface area (Å²) in [5.74, 6) is 2.07. The molecule has 4 heteroatoms. The molecule has 20 heavy (non-hydrogen) atoms. The minimum atomic E-state index is 0.345. The van der Waals surface area contributed by atoms with Crippen molar-refractivity contribution in [1.82, 2.24) is 15.1 Å². The molecule has 2 heterocycles. The Kier molecular flexibility index (Phi) is 4.65. The van der Waals surface area contributed by atoms with Crippen LogP contribution >= 0.6 is 0 Å². The Morgan fingerprint density at radius 3 is 2.55 bits per heavy atom. The molecule has 0 amide bonds. The predicted octanol–water partition coefficient (Wildman–Crippen LogP) is 3.22. The maximum atomic E-state index is 5.77. The third-order valence-corrected chi connectivity index (χ3v) is 3.90. The summed E-state index contributed by atoms with van der Waals surface area (Å²) in [4.78, 5) is 0. The third-order valence-electron chi connectivity index (χ3n) is 3.90. The van der Waals surface area contributed by atoms with Crippen LogP contribution < -0.4 is 5.32 Å². The first-order valence-electron chi connectivity index (χ1n) is 7.30. The first kappa shape index (κ1) is 14.9. The molecule has 1 N–H and O–H groups in total. The Bertz CT molecular complexity index is 568. The lowest BCUT2D eigenvalue weighted by Crippen LogP contribution is -2.22. The average molecular weight is 275 g/mol. The molecule has 1 unspecified atom stereocenters. The number of rotatable bonds is 6. The molecule has 0 fully saturated rings. The van der Waals surface area contributed by atoms with E-state index in [1.807, 2.05) is 24.9 Å². The molecule has 2 rings (SSSR count). The summed E-state index contributed by atoms with van der Waals surface area (Å²) in [6.07, 6.45) is 6.11. The molecule has 0 aliphatic heterocycles. The zero-order chi connectivity index (χ0) is 14.7. The van der Waals surface area contributed by atoms with Gasteiger partial charge in [0.25, 0.3) is 0 Å². The third kappa shape index (κ3) is 3.12. The molecular formula is C16H25N3O. The smallest absolute Gasteiger partial charge is 0.106 e. The molecule has 4 nitrogen and oxygen atoms in total. The Morgan fingerprint density at radius 2 is 2.05 bits per heavy atom. The quantitative estimate of drug-likeness (QED) is 0.880. The lowest BCUT2D eigenvalue weighted by atomic mass is 9.96. The Labute approximate surface area is 121 Å². The van der Waals surface area contributed by atoms with Crippen molar-refractivity contribution in [2.75, 3.05) is 6.54 Å². The van der Waals surface area contributed by atoms with Crippen LogP contribution in [0, 0.1) is 20.8 Å². The lowest BCUT2D eigenvalue weighted by Gasteiger charge is -2.18. The number of nitrogens with one attached hydrogen (secondary N) is 1. The van der Waals surface area contributed by atoms with Crippen LogP contribution in [0.2, 0.25) is 0 Å². The molecule has 110 valence electrons. The largest absolute Gasteiger partial charge is 0.466 e. The minimum Gasteiger partial charge on any atom is -0.466 e. The van der Waals surface area contributed by atoms with E-state index < -0.39 is 0 Å². The van der Waals surface area contributed by atoms with Crippen molar-refractivity contribution in [2.45, 2.75) is 46.6 Å². The molecule has 2 aromatic heterocycles. The van der Waals surface area contributed by atoms with E-state index in [4.69, 9.17) is 4.42 Å². The number of nitrogens with zero attached hydrogens (tertiary/aromatic N) is 2. The Hall–Kier alpha value is -1.55. The summed E-state index contributed by atoms with van der Waals surface area (Å²) < 4.78 is 7.63. The summed E-state index contributed by atoms with van der Waals surface area (Å²) in [6.45, 7) is 9.35. The van der Waals surface area contributed by atoms with Gasteiger partial charge in [-0.3, -0.25) is 4.68 Å². The van der Waals surface area contributed by atoms with E-state index in [2.05, 4.69) is 37.4 Å². The molecule has 0 radical (unpaired) electrons. The van der Waals surface area contributed by atoms with E-state index in [-0.39, 0.29) is 0 Å². The van der Waals surface area contributed by atoms with Crippen LogP contribution in [0.15, 0.2) is 16.8 Å². The fraction of sp³-hybridized carbons (Fsp3) is 0.562. The highest BCUT2D eigenvalue weighted by atomic mass is 16.3. The van der Waals surface area contributed by atoms with Crippen molar-refractivity contribution in [2.24, 2.45) is 7.05 Å². The molecule has 0 saturated heterocycles. The van der Waals surface area contributed by atoms with E-state index in [9.17, 15) is 0 Å². The van der Waals surface area contributed by atoms with Gasteiger partial charge in [-0.2, -0.15) is 5.10 Å². The standard InChI is InChI=1S/C16H25N3O/c1-6-17-15(8-7-14-9-18-19(5)10-14)16-11(2)12(3)20-13(16)4/h9-10,15,17H,6-8H2,1-5H3. The second kappa shape index (κ2) is 6.27. The van der Waals surface area contributed by atoms with E-state index in [1.165, 1.54) is 16.7 Å². The highest BCUT2D eigenvalue weighted by Gasteiger charge is 2.20. The van der Waals surface area contributed by atoms with Crippen LogP contribution in [-0.4, -0.2) is 16.3 Å². The number of furan rings is 1. The van der Waals surface area contributed by atoms with Crippen LogP contribution in [-0.2, 0) is 13.5 Å². The van der Waals surface area contributed by atoms with Crippen LogP contribution in [0.25, 0.3) is 0 Å². The van der Waals surface area contributed by atoms with Gasteiger partial charge in [0.1, 0.15) is 11.5 Å². The zero-order valence-corrected chi connectivity index (χ0v) is 13.2. The molecule has 0 aliphatic rings. The second-order valence-electron chi connectivity index (χ2n) is 5.42. The molecular weight excluding hydrogens is 250 g/mol. The predicted molar refractivity (Wildman–Crippen MR) is 80.9 cm³/mol. The van der Waals surface area contributed by atoms with E-state index in [1.54, 1.807) is 0 Å². The molecule has 0 bridgehead atoms. The summed E-state index contributed by atoms with van der Waals surface area (Å²) in [7, 11) is 1.96. The van der Waals surface area contributed by atoms with E-state index in [0.29, 0.717) is 6.04 Å². The summed E-state index contributed by atoms with van der Waals surface area (Å²) >= 11 is 0. The highest BCUT2D eigenvalue weighted by Crippen LogP contribution is 2.29. The van der Waals surface area contributed by atoms with Crippen molar-refractivity contribution in [1.29, 1.82) is 0 Å². The van der Waals surface area contributed by atoms with Crippen LogP contribution in [0.3, 0.4) is 0 Å². The van der Waals surface area contributed by atoms with Crippen LogP contribution in [0.1, 0.15) is 47.6 Å². The molecule has 2 aromatic rings. The van der Waals surface area contributed by atoms with Gasteiger partial charge in [-0.25, -0.2) is 0 Å². The van der Waals surface area contributed by atoms with Gasteiger partial charge in [-0.05, 0) is 51.3 Å². The maximum absolute atomic E-state index is 5.77. The topological polar surface area (TPSA) is 43.0 Å². The van der Waals surface area contributed by atoms with Crippen molar-refractivity contribution < 1.29 is 4.42 Å². The van der Waals surface area contributed by atoms with Gasteiger partial charge in [-0.15, -0.1) is 0 Å². The van der Waals surface area contributed by atoms with E-state index in [0.717, 1.165) is 30.9 Å².